The van der Waals surface area contributed by atoms with Crippen LogP contribution >= 0.6 is 31.7 Å². The summed E-state index contributed by atoms with van der Waals surface area (Å²) in [5, 5.41) is 6.00. The van der Waals surface area contributed by atoms with Crippen molar-refractivity contribution in [3.05, 3.63) is 82.9 Å². The Balaban J connectivity index is 0.000000257. The molecule has 2 N–H and O–H groups in total. The Labute approximate surface area is 211 Å². The van der Waals surface area contributed by atoms with Gasteiger partial charge in [0.05, 0.1) is 23.4 Å². The van der Waals surface area contributed by atoms with E-state index in [1.807, 2.05) is 6.26 Å². The highest BCUT2D eigenvalue weighted by molar-refractivity contribution is 7.93. The van der Waals surface area contributed by atoms with E-state index >= 15 is 0 Å². The lowest BCUT2D eigenvalue weighted by atomic mass is 10.2. The van der Waals surface area contributed by atoms with Crippen LogP contribution in [0.15, 0.2) is 60.7 Å². The van der Waals surface area contributed by atoms with Gasteiger partial charge in [0.2, 0.25) is 0 Å². The normalized spacial score (nSPS) is 11.8. The molecular weight excluding hydrogens is 521 g/mol. The van der Waals surface area contributed by atoms with E-state index in [1.165, 1.54) is 42.4 Å². The van der Waals surface area contributed by atoms with Gasteiger partial charge in [0.15, 0.2) is 5.30 Å². The second-order valence-corrected chi connectivity index (χ2v) is 8.71. The standard InChI is InChI=1S/C15H12ClFN2O2.C6H4FO2P.C2H6OS/c16-10-2-1-3-11(17)14(10)15(20)19-9-4-5-13-12(8-9)18-6-7-21-13;7-5-1-3-6(4-2-5)10(8)9;1-3-4-2/h1-5,8,18H,6-7H2,(H,19,20);1-4H;1-2H3. The minimum atomic E-state index is -2.57. The van der Waals surface area contributed by atoms with Crippen LogP contribution < -0.4 is 25.6 Å². The first-order valence-corrected chi connectivity index (χ1v) is 12.7. The van der Waals surface area contributed by atoms with Gasteiger partial charge in [-0.25, -0.2) is 8.78 Å². The number of anilines is 2. The number of rotatable bonds is 4. The van der Waals surface area contributed by atoms with Crippen molar-refractivity contribution in [3.63, 3.8) is 0 Å². The third kappa shape index (κ3) is 9.08. The maximum atomic E-state index is 13.7. The molecule has 12 heteroatoms. The predicted octanol–water partition coefficient (Wildman–Crippen LogP) is 5.00. The van der Waals surface area contributed by atoms with E-state index in [2.05, 4.69) is 14.8 Å². The van der Waals surface area contributed by atoms with E-state index in [0.717, 1.165) is 23.6 Å². The highest BCUT2D eigenvalue weighted by Crippen LogP contribution is 2.30. The summed E-state index contributed by atoms with van der Waals surface area (Å²) < 4.78 is 46.0. The number of hydrogen-bond acceptors (Lipinski definition) is 7. The van der Waals surface area contributed by atoms with E-state index < -0.39 is 25.6 Å². The van der Waals surface area contributed by atoms with Crippen LogP contribution in [0.25, 0.3) is 0 Å². The molecule has 3 aromatic rings. The Hall–Kier alpha value is -2.75. The molecule has 4 rings (SSSR count). The zero-order chi connectivity index (χ0) is 25.8. The zero-order valence-corrected chi connectivity index (χ0v) is 21.2. The number of carbonyl (C=O) groups excluding carboxylic acids is 1. The fourth-order valence-electron chi connectivity index (χ4n) is 2.69. The number of fused-ring (bicyclic) bond motifs is 1. The Morgan fingerprint density at radius 1 is 1.20 bits per heavy atom. The lowest BCUT2D eigenvalue weighted by Gasteiger charge is -2.19. The zero-order valence-electron chi connectivity index (χ0n) is 18.7. The number of hydrogen-bond donors (Lipinski definition) is 2. The van der Waals surface area contributed by atoms with Crippen LogP contribution in [0, 0.1) is 11.6 Å². The summed E-state index contributed by atoms with van der Waals surface area (Å²) in [6.07, 6.45) is 1.88. The molecule has 35 heavy (non-hydrogen) atoms. The van der Waals surface area contributed by atoms with Crippen LogP contribution in [-0.2, 0) is 8.75 Å². The molecule has 1 atom stereocenters. The molecule has 1 aliphatic rings. The molecule has 0 aromatic heterocycles. The highest BCUT2D eigenvalue weighted by atomic mass is 35.5. The monoisotopic (exact) mass is 542 g/mol. The van der Waals surface area contributed by atoms with E-state index in [-0.39, 0.29) is 15.9 Å². The van der Waals surface area contributed by atoms with Crippen molar-refractivity contribution in [2.45, 2.75) is 0 Å². The van der Waals surface area contributed by atoms with Gasteiger partial charge in [0.25, 0.3) is 5.91 Å². The summed E-state index contributed by atoms with van der Waals surface area (Å²) in [5.74, 6) is -0.946. The average molecular weight is 543 g/mol. The SMILES string of the molecule is COSC.O=C(Nc1ccc2c(c1)NCCO2)c1c(F)cccc1Cl.O=[P+]([O-])c1ccc(F)cc1. The molecule has 0 radical (unpaired) electrons. The summed E-state index contributed by atoms with van der Waals surface area (Å²) in [5.41, 5.74) is 1.16. The van der Waals surface area contributed by atoms with E-state index in [9.17, 15) is 23.0 Å². The quantitative estimate of drug-likeness (QED) is 0.353. The Kier molecular flexibility index (Phi) is 11.9. The van der Waals surface area contributed by atoms with Crippen LogP contribution in [0.1, 0.15) is 10.4 Å². The highest BCUT2D eigenvalue weighted by Gasteiger charge is 2.17. The average Bonchev–Trinajstić information content (AvgIpc) is 2.84. The van der Waals surface area contributed by atoms with Crippen molar-refractivity contribution in [1.82, 2.24) is 0 Å². The van der Waals surface area contributed by atoms with E-state index in [1.54, 1.807) is 25.3 Å². The van der Waals surface area contributed by atoms with E-state index in [4.69, 9.17) is 16.3 Å². The minimum absolute atomic E-state index is 0.0759. The molecule has 0 bridgehead atoms. The van der Waals surface area contributed by atoms with Gasteiger partial charge >= 0.3 is 8.03 Å². The Morgan fingerprint density at radius 3 is 2.49 bits per heavy atom. The number of nitrogens with one attached hydrogen (secondary N) is 2. The van der Waals surface area contributed by atoms with Crippen LogP contribution in [-0.4, -0.2) is 32.4 Å². The minimum Gasteiger partial charge on any atom is -0.591 e. The number of carbonyl (C=O) groups is 1. The van der Waals surface area contributed by atoms with Gasteiger partial charge in [-0.2, -0.15) is 0 Å². The van der Waals surface area contributed by atoms with Crippen molar-refractivity contribution in [2.75, 3.05) is 37.2 Å². The molecule has 0 fully saturated rings. The van der Waals surface area contributed by atoms with Crippen LogP contribution in [0.4, 0.5) is 20.2 Å². The summed E-state index contributed by atoms with van der Waals surface area (Å²) >= 11 is 7.23. The Bertz CT molecular complexity index is 1130. The van der Waals surface area contributed by atoms with Crippen LogP contribution in [0.3, 0.4) is 0 Å². The molecule has 0 saturated heterocycles. The van der Waals surface area contributed by atoms with Gasteiger partial charge < -0.3 is 24.4 Å². The molecule has 3 aromatic carbocycles. The maximum absolute atomic E-state index is 13.7. The van der Waals surface area contributed by atoms with E-state index in [0.29, 0.717) is 18.8 Å². The lowest BCUT2D eigenvalue weighted by molar-refractivity contribution is -0.160. The Morgan fingerprint density at radius 2 is 1.89 bits per heavy atom. The van der Waals surface area contributed by atoms with Crippen molar-refractivity contribution in [3.8, 4) is 5.75 Å². The number of ether oxygens (including phenoxy) is 1. The summed E-state index contributed by atoms with van der Waals surface area (Å²) in [7, 11) is -0.931. The molecule has 186 valence electrons. The molecule has 1 heterocycles. The van der Waals surface area contributed by atoms with Gasteiger partial charge in [-0.1, -0.05) is 22.2 Å². The van der Waals surface area contributed by atoms with Gasteiger partial charge in [0, 0.05) is 18.5 Å². The second kappa shape index (κ2) is 14.6. The molecule has 0 aliphatic carbocycles. The van der Waals surface area contributed by atoms with Crippen molar-refractivity contribution >= 4 is 54.3 Å². The molecular formula is C23H22ClF2N2O5PS. The number of amides is 1. The lowest BCUT2D eigenvalue weighted by Crippen LogP contribution is -2.19. The van der Waals surface area contributed by atoms with Gasteiger partial charge in [-0.15, -0.1) is 0 Å². The third-order valence-corrected chi connectivity index (χ3v) is 5.67. The summed E-state index contributed by atoms with van der Waals surface area (Å²) in [4.78, 5) is 22.4. The molecule has 0 spiro atoms. The first-order valence-electron chi connectivity index (χ1n) is 9.99. The van der Waals surface area contributed by atoms with Crippen molar-refractivity contribution < 1.29 is 32.0 Å². The summed E-state index contributed by atoms with van der Waals surface area (Å²) in [6.45, 7) is 1.30. The molecule has 7 nitrogen and oxygen atoms in total. The maximum Gasteiger partial charge on any atom is 0.348 e. The molecule has 1 aliphatic heterocycles. The number of benzene rings is 3. The molecule has 1 amide bonds. The van der Waals surface area contributed by atoms with Crippen LogP contribution in [0.5, 0.6) is 5.75 Å². The topological polar surface area (TPSA) is 99.7 Å². The fourth-order valence-corrected chi connectivity index (χ4v) is 3.33. The summed E-state index contributed by atoms with van der Waals surface area (Å²) in [6, 6.07) is 14.0. The van der Waals surface area contributed by atoms with Gasteiger partial charge in [-0.05, 0) is 66.6 Å². The first kappa shape index (κ1) is 28.5. The first-order chi connectivity index (χ1) is 16.8. The second-order valence-electron chi connectivity index (χ2n) is 6.60. The molecule has 0 saturated carbocycles. The van der Waals surface area contributed by atoms with Crippen molar-refractivity contribution in [2.24, 2.45) is 0 Å². The van der Waals surface area contributed by atoms with Gasteiger partial charge in [-0.3, -0.25) is 4.79 Å². The van der Waals surface area contributed by atoms with Crippen molar-refractivity contribution in [1.29, 1.82) is 0 Å². The largest absolute Gasteiger partial charge is 0.591 e. The van der Waals surface area contributed by atoms with Gasteiger partial charge in [0.1, 0.15) is 24.0 Å². The smallest absolute Gasteiger partial charge is 0.348 e. The number of halogens is 3. The van der Waals surface area contributed by atoms with Crippen LogP contribution in [0.2, 0.25) is 5.02 Å². The third-order valence-electron chi connectivity index (χ3n) is 4.31. The predicted molar refractivity (Wildman–Crippen MR) is 134 cm³/mol. The fraction of sp³-hybridized carbons (Fsp3) is 0.174. The molecule has 1 unspecified atom stereocenters.